The highest BCUT2D eigenvalue weighted by Gasteiger charge is 1.94. The summed E-state index contributed by atoms with van der Waals surface area (Å²) in [5.41, 5.74) is 3.54. The minimum atomic E-state index is 1.16. The third-order valence-electron chi connectivity index (χ3n) is 2.75. The van der Waals surface area contributed by atoms with Crippen molar-refractivity contribution in [3.8, 4) is 0 Å². The predicted molar refractivity (Wildman–Crippen MR) is 71.5 cm³/mol. The molecule has 0 aliphatic rings. The Balaban J connectivity index is 1.92. The number of nitrogens with one attached hydrogen (secondary N) is 1. The summed E-state index contributed by atoms with van der Waals surface area (Å²) in [5, 5.41) is 1.24. The number of benzene rings is 1. The number of aromatic amines is 1. The monoisotopic (exact) mass is 220 g/mol. The van der Waals surface area contributed by atoms with Crippen LogP contribution in [0.3, 0.4) is 0 Å². The second-order valence-corrected chi connectivity index (χ2v) is 3.94. The Hall–Kier alpha value is -2.35. The van der Waals surface area contributed by atoms with E-state index in [2.05, 4.69) is 46.4 Å². The van der Waals surface area contributed by atoms with Crippen LogP contribution in [0.15, 0.2) is 55.0 Å². The first-order chi connectivity index (χ1) is 8.42. The zero-order chi connectivity index (χ0) is 11.5. The van der Waals surface area contributed by atoms with Crippen LogP contribution < -0.4 is 0 Å². The highest BCUT2D eigenvalue weighted by atomic mass is 14.7. The topological polar surface area (TPSA) is 28.7 Å². The first-order valence-corrected chi connectivity index (χ1v) is 5.57. The number of rotatable bonds is 2. The minimum Gasteiger partial charge on any atom is -0.361 e. The van der Waals surface area contributed by atoms with Gasteiger partial charge in [-0.05, 0) is 46.8 Å². The van der Waals surface area contributed by atoms with Crippen LogP contribution in [0.2, 0.25) is 0 Å². The molecule has 82 valence electrons. The molecule has 1 aromatic carbocycles. The van der Waals surface area contributed by atoms with Crippen molar-refractivity contribution in [2.75, 3.05) is 0 Å². The number of nitrogens with zero attached hydrogens (tertiary/aromatic N) is 1. The quantitative estimate of drug-likeness (QED) is 0.700. The number of H-pyrrole nitrogens is 1. The van der Waals surface area contributed by atoms with Gasteiger partial charge in [0.1, 0.15) is 0 Å². The molecule has 3 aromatic rings. The van der Waals surface area contributed by atoms with Crippen LogP contribution >= 0.6 is 0 Å². The summed E-state index contributed by atoms with van der Waals surface area (Å²) >= 11 is 0. The predicted octanol–water partition coefficient (Wildman–Crippen LogP) is 3.73. The molecule has 0 atom stereocenters. The molecule has 0 radical (unpaired) electrons. The van der Waals surface area contributed by atoms with Crippen LogP contribution in [-0.4, -0.2) is 9.97 Å². The number of hydrogen-bond acceptors (Lipinski definition) is 1. The summed E-state index contributed by atoms with van der Waals surface area (Å²) in [6.45, 7) is 0. The summed E-state index contributed by atoms with van der Waals surface area (Å²) in [6, 6.07) is 12.4. The van der Waals surface area contributed by atoms with Crippen LogP contribution in [0, 0.1) is 0 Å². The standard InChI is InChI=1S/C15H12N2/c1(12-5-8-16-9-6-12)2-13-3-4-15-14(11-13)7-10-17-15/h1-11,17H. The molecule has 3 rings (SSSR count). The van der Waals surface area contributed by atoms with Crippen LogP contribution in [0.5, 0.6) is 0 Å². The maximum Gasteiger partial charge on any atom is 0.0454 e. The van der Waals surface area contributed by atoms with Gasteiger partial charge in [0.15, 0.2) is 0 Å². The average molecular weight is 220 g/mol. The lowest BCUT2D eigenvalue weighted by Gasteiger charge is -1.95. The third kappa shape index (κ3) is 2.11. The van der Waals surface area contributed by atoms with Crippen molar-refractivity contribution in [2.24, 2.45) is 0 Å². The zero-order valence-corrected chi connectivity index (χ0v) is 9.30. The second kappa shape index (κ2) is 4.26. The lowest BCUT2D eigenvalue weighted by atomic mass is 10.1. The Kier molecular flexibility index (Phi) is 2.47. The molecule has 0 bridgehead atoms. The normalized spacial score (nSPS) is 11.3. The van der Waals surface area contributed by atoms with Gasteiger partial charge in [-0.25, -0.2) is 0 Å². The van der Waals surface area contributed by atoms with Crippen molar-refractivity contribution in [3.05, 3.63) is 66.1 Å². The summed E-state index contributed by atoms with van der Waals surface area (Å²) < 4.78 is 0. The molecule has 0 aliphatic carbocycles. The van der Waals surface area contributed by atoms with Gasteiger partial charge in [-0.2, -0.15) is 0 Å². The van der Waals surface area contributed by atoms with Crippen molar-refractivity contribution in [2.45, 2.75) is 0 Å². The van der Waals surface area contributed by atoms with Crippen LogP contribution in [0.4, 0.5) is 0 Å². The molecular weight excluding hydrogens is 208 g/mol. The minimum absolute atomic E-state index is 1.16. The Morgan fingerprint density at radius 2 is 1.71 bits per heavy atom. The van der Waals surface area contributed by atoms with E-state index in [0.29, 0.717) is 0 Å². The van der Waals surface area contributed by atoms with E-state index in [4.69, 9.17) is 0 Å². The van der Waals surface area contributed by atoms with E-state index in [9.17, 15) is 0 Å². The highest BCUT2D eigenvalue weighted by Crippen LogP contribution is 2.16. The molecule has 0 saturated carbocycles. The SMILES string of the molecule is C(=Cc1ccc2[nH]ccc2c1)c1ccncc1. The third-order valence-corrected chi connectivity index (χ3v) is 2.75. The average Bonchev–Trinajstić information content (AvgIpc) is 2.85. The number of aromatic nitrogens is 2. The molecule has 2 heterocycles. The Labute approximate surface area is 99.6 Å². The van der Waals surface area contributed by atoms with E-state index >= 15 is 0 Å². The van der Waals surface area contributed by atoms with Crippen molar-refractivity contribution in [1.82, 2.24) is 9.97 Å². The van der Waals surface area contributed by atoms with Crippen LogP contribution in [-0.2, 0) is 0 Å². The van der Waals surface area contributed by atoms with E-state index in [1.165, 1.54) is 16.5 Å². The molecule has 0 aliphatic heterocycles. The van der Waals surface area contributed by atoms with Gasteiger partial charge in [0.05, 0.1) is 0 Å². The lowest BCUT2D eigenvalue weighted by Crippen LogP contribution is -1.74. The fourth-order valence-electron chi connectivity index (χ4n) is 1.84. The van der Waals surface area contributed by atoms with Gasteiger partial charge in [0, 0.05) is 24.1 Å². The summed E-state index contributed by atoms with van der Waals surface area (Å²) in [4.78, 5) is 7.18. The second-order valence-electron chi connectivity index (χ2n) is 3.94. The molecule has 0 spiro atoms. The molecule has 0 saturated heterocycles. The molecule has 1 N–H and O–H groups in total. The zero-order valence-electron chi connectivity index (χ0n) is 9.30. The number of pyridine rings is 1. The molecule has 2 heteroatoms. The Morgan fingerprint density at radius 1 is 0.882 bits per heavy atom. The van der Waals surface area contributed by atoms with Gasteiger partial charge >= 0.3 is 0 Å². The van der Waals surface area contributed by atoms with Gasteiger partial charge in [0.2, 0.25) is 0 Å². The van der Waals surface area contributed by atoms with E-state index < -0.39 is 0 Å². The first kappa shape index (κ1) is 9.85. The van der Waals surface area contributed by atoms with Crippen LogP contribution in [0.1, 0.15) is 11.1 Å². The Morgan fingerprint density at radius 3 is 2.59 bits per heavy atom. The number of fused-ring (bicyclic) bond motifs is 1. The molecular formula is C15H12N2. The summed E-state index contributed by atoms with van der Waals surface area (Å²) in [6.07, 6.45) is 9.77. The van der Waals surface area contributed by atoms with Crippen molar-refractivity contribution < 1.29 is 0 Å². The molecule has 0 unspecified atom stereocenters. The fourth-order valence-corrected chi connectivity index (χ4v) is 1.84. The summed E-state index contributed by atoms with van der Waals surface area (Å²) in [7, 11) is 0. The van der Waals surface area contributed by atoms with Crippen molar-refractivity contribution in [1.29, 1.82) is 0 Å². The molecule has 17 heavy (non-hydrogen) atoms. The van der Waals surface area contributed by atoms with E-state index in [1.54, 1.807) is 12.4 Å². The van der Waals surface area contributed by atoms with Gasteiger partial charge in [0.25, 0.3) is 0 Å². The molecule has 0 amide bonds. The van der Waals surface area contributed by atoms with Crippen molar-refractivity contribution >= 4 is 23.1 Å². The highest BCUT2D eigenvalue weighted by molar-refractivity contribution is 5.83. The summed E-state index contributed by atoms with van der Waals surface area (Å²) in [5.74, 6) is 0. The van der Waals surface area contributed by atoms with Gasteiger partial charge < -0.3 is 4.98 Å². The Bertz CT molecular complexity index is 651. The first-order valence-electron chi connectivity index (χ1n) is 5.57. The van der Waals surface area contributed by atoms with E-state index in [1.807, 2.05) is 18.3 Å². The molecule has 0 fully saturated rings. The largest absolute Gasteiger partial charge is 0.361 e. The van der Waals surface area contributed by atoms with E-state index in [-0.39, 0.29) is 0 Å². The van der Waals surface area contributed by atoms with Gasteiger partial charge in [-0.15, -0.1) is 0 Å². The molecule has 2 aromatic heterocycles. The van der Waals surface area contributed by atoms with Gasteiger partial charge in [-0.3, -0.25) is 4.98 Å². The van der Waals surface area contributed by atoms with E-state index in [0.717, 1.165) is 5.56 Å². The van der Waals surface area contributed by atoms with Crippen LogP contribution in [0.25, 0.3) is 23.1 Å². The maximum absolute atomic E-state index is 4.00. The number of hydrogen-bond donors (Lipinski definition) is 1. The van der Waals surface area contributed by atoms with Gasteiger partial charge in [-0.1, -0.05) is 18.2 Å². The smallest absolute Gasteiger partial charge is 0.0454 e. The maximum atomic E-state index is 4.00. The lowest BCUT2D eigenvalue weighted by molar-refractivity contribution is 1.32. The fraction of sp³-hybridized carbons (Fsp3) is 0. The van der Waals surface area contributed by atoms with Crippen molar-refractivity contribution in [3.63, 3.8) is 0 Å². The molecule has 2 nitrogen and oxygen atoms in total.